The fraction of sp³-hybridized carbons (Fsp3) is 0.500. The van der Waals surface area contributed by atoms with Gasteiger partial charge in [-0.3, -0.25) is 0 Å². The fourth-order valence-corrected chi connectivity index (χ4v) is 1.44. The van der Waals surface area contributed by atoms with E-state index in [4.69, 9.17) is 0 Å². The van der Waals surface area contributed by atoms with Gasteiger partial charge in [0.25, 0.3) is 0 Å². The van der Waals surface area contributed by atoms with Gasteiger partial charge in [-0.1, -0.05) is 12.1 Å². The lowest BCUT2D eigenvalue weighted by Gasteiger charge is -2.11. The minimum absolute atomic E-state index is 0.0388. The molecule has 0 spiro atoms. The van der Waals surface area contributed by atoms with Crippen LogP contribution in [-0.4, -0.2) is 12.2 Å². The van der Waals surface area contributed by atoms with E-state index in [1.54, 1.807) is 18.2 Å². The summed E-state index contributed by atoms with van der Waals surface area (Å²) in [7, 11) is 0. The molecule has 1 aromatic carbocycles. The van der Waals surface area contributed by atoms with Crippen molar-refractivity contribution < 1.29 is 13.2 Å². The minimum Gasteiger partial charge on any atom is -0.383 e. The first-order valence-electron chi connectivity index (χ1n) is 5.29. The molecule has 0 aliphatic heterocycles. The van der Waals surface area contributed by atoms with Crippen molar-refractivity contribution in [1.82, 2.24) is 0 Å². The van der Waals surface area contributed by atoms with Gasteiger partial charge in [0, 0.05) is 18.2 Å². The van der Waals surface area contributed by atoms with Gasteiger partial charge in [-0.2, -0.15) is 13.2 Å². The van der Waals surface area contributed by atoms with Crippen molar-refractivity contribution in [2.24, 2.45) is 0 Å². The highest BCUT2D eigenvalue weighted by atomic mass is 19.4. The Labute approximate surface area is 93.7 Å². The molecular weight excluding hydrogens is 215 g/mol. The van der Waals surface area contributed by atoms with E-state index in [-0.39, 0.29) is 12.5 Å². The van der Waals surface area contributed by atoms with Gasteiger partial charge in [0.2, 0.25) is 0 Å². The lowest BCUT2D eigenvalue weighted by molar-refractivity contribution is -0.133. The van der Waals surface area contributed by atoms with Crippen LogP contribution in [-0.2, 0) is 6.42 Å². The zero-order valence-corrected chi connectivity index (χ0v) is 9.43. The Balaban J connectivity index is 2.60. The third-order valence-corrected chi connectivity index (χ3v) is 2.08. The van der Waals surface area contributed by atoms with E-state index in [1.165, 1.54) is 0 Å². The summed E-state index contributed by atoms with van der Waals surface area (Å²) in [5.41, 5.74) is 1.58. The van der Waals surface area contributed by atoms with E-state index in [9.17, 15) is 13.2 Å². The number of aryl methyl sites for hydroxylation is 1. The molecule has 0 aliphatic rings. The number of anilines is 1. The van der Waals surface area contributed by atoms with Crippen LogP contribution in [0, 0.1) is 0 Å². The fourth-order valence-electron chi connectivity index (χ4n) is 1.44. The Morgan fingerprint density at radius 2 is 1.94 bits per heavy atom. The van der Waals surface area contributed by atoms with Crippen LogP contribution in [0.25, 0.3) is 0 Å². The quantitative estimate of drug-likeness (QED) is 0.825. The number of rotatable bonds is 4. The van der Waals surface area contributed by atoms with E-state index in [1.807, 2.05) is 19.9 Å². The summed E-state index contributed by atoms with van der Waals surface area (Å²) in [6.45, 7) is 3.98. The molecule has 1 rings (SSSR count). The number of halogens is 3. The molecule has 0 radical (unpaired) electrons. The maximum Gasteiger partial charge on any atom is 0.389 e. The Bertz CT molecular complexity index is 331. The second kappa shape index (κ2) is 5.23. The summed E-state index contributed by atoms with van der Waals surface area (Å²) >= 11 is 0. The van der Waals surface area contributed by atoms with Gasteiger partial charge < -0.3 is 5.32 Å². The van der Waals surface area contributed by atoms with Crippen LogP contribution < -0.4 is 5.32 Å². The molecule has 0 aromatic heterocycles. The molecule has 0 heterocycles. The zero-order valence-electron chi connectivity index (χ0n) is 9.43. The molecule has 0 amide bonds. The van der Waals surface area contributed by atoms with Crippen LogP contribution >= 0.6 is 0 Å². The molecule has 4 heteroatoms. The Hall–Kier alpha value is -1.19. The van der Waals surface area contributed by atoms with Crippen molar-refractivity contribution in [2.45, 2.75) is 38.9 Å². The van der Waals surface area contributed by atoms with Gasteiger partial charge in [0.1, 0.15) is 0 Å². The van der Waals surface area contributed by atoms with Crippen LogP contribution in [0.1, 0.15) is 25.8 Å². The highest BCUT2D eigenvalue weighted by Gasteiger charge is 2.26. The third-order valence-electron chi connectivity index (χ3n) is 2.08. The van der Waals surface area contributed by atoms with Crippen molar-refractivity contribution in [3.63, 3.8) is 0 Å². The van der Waals surface area contributed by atoms with E-state index in [0.29, 0.717) is 5.56 Å². The van der Waals surface area contributed by atoms with Crippen molar-refractivity contribution in [3.8, 4) is 0 Å². The predicted molar refractivity (Wildman–Crippen MR) is 59.6 cm³/mol. The molecule has 0 unspecified atom stereocenters. The average Bonchev–Trinajstić information content (AvgIpc) is 2.13. The van der Waals surface area contributed by atoms with Crippen molar-refractivity contribution >= 4 is 5.69 Å². The number of hydrogen-bond donors (Lipinski definition) is 1. The van der Waals surface area contributed by atoms with Crippen LogP contribution in [0.3, 0.4) is 0 Å². The summed E-state index contributed by atoms with van der Waals surface area (Å²) in [6.07, 6.45) is -4.81. The summed E-state index contributed by atoms with van der Waals surface area (Å²) in [4.78, 5) is 0. The largest absolute Gasteiger partial charge is 0.389 e. The van der Waals surface area contributed by atoms with Gasteiger partial charge in [-0.25, -0.2) is 0 Å². The van der Waals surface area contributed by atoms with E-state index < -0.39 is 12.6 Å². The normalized spacial score (nSPS) is 11.9. The molecular formula is C12H16F3N. The van der Waals surface area contributed by atoms with Gasteiger partial charge in [-0.15, -0.1) is 0 Å². The Morgan fingerprint density at radius 1 is 1.25 bits per heavy atom. The molecule has 1 N–H and O–H groups in total. The van der Waals surface area contributed by atoms with Crippen LogP contribution in [0.5, 0.6) is 0 Å². The summed E-state index contributed by atoms with van der Waals surface area (Å²) in [6, 6.07) is 7.40. The highest BCUT2D eigenvalue weighted by molar-refractivity contribution is 5.46. The molecule has 16 heavy (non-hydrogen) atoms. The molecule has 1 aromatic rings. The lowest BCUT2D eigenvalue weighted by Crippen LogP contribution is -2.11. The SMILES string of the molecule is CC(C)Nc1cccc(CCC(F)(F)F)c1. The highest BCUT2D eigenvalue weighted by Crippen LogP contribution is 2.23. The standard InChI is InChI=1S/C12H16F3N/c1-9(2)16-11-5-3-4-10(8-11)6-7-12(13,14)15/h3-5,8-9,16H,6-7H2,1-2H3. The van der Waals surface area contributed by atoms with E-state index in [0.717, 1.165) is 5.69 Å². The summed E-state index contributed by atoms with van der Waals surface area (Å²) in [5.74, 6) is 0. The molecule has 0 saturated carbocycles. The molecule has 1 nitrogen and oxygen atoms in total. The first-order valence-corrected chi connectivity index (χ1v) is 5.29. The Morgan fingerprint density at radius 3 is 2.50 bits per heavy atom. The minimum atomic E-state index is -4.08. The third kappa shape index (κ3) is 5.05. The van der Waals surface area contributed by atoms with Gasteiger partial charge in [0.15, 0.2) is 0 Å². The molecule has 0 saturated heterocycles. The van der Waals surface area contributed by atoms with Crippen molar-refractivity contribution in [3.05, 3.63) is 29.8 Å². The molecule has 0 atom stereocenters. The van der Waals surface area contributed by atoms with E-state index >= 15 is 0 Å². The molecule has 0 fully saturated rings. The van der Waals surface area contributed by atoms with Gasteiger partial charge in [-0.05, 0) is 38.0 Å². The Kier molecular flexibility index (Phi) is 4.21. The van der Waals surface area contributed by atoms with E-state index in [2.05, 4.69) is 5.32 Å². The first kappa shape index (κ1) is 12.9. The monoisotopic (exact) mass is 231 g/mol. The van der Waals surface area contributed by atoms with Gasteiger partial charge in [0.05, 0.1) is 0 Å². The number of benzene rings is 1. The zero-order chi connectivity index (χ0) is 12.2. The maximum atomic E-state index is 12.0. The average molecular weight is 231 g/mol. The van der Waals surface area contributed by atoms with Crippen LogP contribution in [0.15, 0.2) is 24.3 Å². The second-order valence-corrected chi connectivity index (χ2v) is 4.11. The molecule has 0 aliphatic carbocycles. The van der Waals surface area contributed by atoms with Crippen molar-refractivity contribution in [2.75, 3.05) is 5.32 Å². The number of hydrogen-bond acceptors (Lipinski definition) is 1. The number of alkyl halides is 3. The molecule has 0 bridgehead atoms. The number of nitrogens with one attached hydrogen (secondary N) is 1. The summed E-state index contributed by atoms with van der Waals surface area (Å²) in [5, 5.41) is 3.16. The first-order chi connectivity index (χ1) is 7.37. The van der Waals surface area contributed by atoms with Crippen molar-refractivity contribution in [1.29, 1.82) is 0 Å². The summed E-state index contributed by atoms with van der Waals surface area (Å²) < 4.78 is 36.1. The maximum absolute atomic E-state index is 12.0. The second-order valence-electron chi connectivity index (χ2n) is 4.11. The topological polar surface area (TPSA) is 12.0 Å². The lowest BCUT2D eigenvalue weighted by atomic mass is 10.1. The molecule has 90 valence electrons. The van der Waals surface area contributed by atoms with Gasteiger partial charge >= 0.3 is 6.18 Å². The smallest absolute Gasteiger partial charge is 0.383 e. The predicted octanol–water partition coefficient (Wildman–Crippen LogP) is 4.00. The van der Waals surface area contributed by atoms with Crippen LogP contribution in [0.2, 0.25) is 0 Å². The van der Waals surface area contributed by atoms with Crippen LogP contribution in [0.4, 0.5) is 18.9 Å².